The number of carbonyl (C=O) groups excluding carboxylic acids is 4. The van der Waals surface area contributed by atoms with E-state index < -0.39 is 59.3 Å². The molecule has 2 heterocycles. The first-order chi connectivity index (χ1) is 21.2. The molecular weight excluding hydrogens is 587 g/mol. The number of hydrogen-bond donors (Lipinski definition) is 3. The van der Waals surface area contributed by atoms with Gasteiger partial charge < -0.3 is 30.1 Å². The quantitative estimate of drug-likeness (QED) is 0.401. The smallest absolute Gasteiger partial charge is 0.410 e. The van der Waals surface area contributed by atoms with Crippen molar-refractivity contribution in [1.29, 1.82) is 0 Å². The summed E-state index contributed by atoms with van der Waals surface area (Å²) in [6.07, 6.45) is 0.236. The van der Waals surface area contributed by atoms with Crippen molar-refractivity contribution < 1.29 is 42.9 Å². The molecule has 242 valence electrons. The predicted octanol–water partition coefficient (Wildman–Crippen LogP) is 3.71. The summed E-state index contributed by atoms with van der Waals surface area (Å²) in [5.74, 6) is -4.32. The van der Waals surface area contributed by atoms with Crippen LogP contribution in [0.15, 0.2) is 42.5 Å². The van der Waals surface area contributed by atoms with Gasteiger partial charge in [0.05, 0.1) is 11.3 Å². The maximum atomic E-state index is 14.7. The summed E-state index contributed by atoms with van der Waals surface area (Å²) >= 11 is 0. The number of likely N-dealkylation sites (N-methyl/N-ethyl adjacent to an activating group) is 1. The van der Waals surface area contributed by atoms with Crippen LogP contribution in [0.25, 0.3) is 0 Å². The third-order valence-electron chi connectivity index (χ3n) is 7.95. The van der Waals surface area contributed by atoms with Crippen LogP contribution in [0.3, 0.4) is 0 Å². The van der Waals surface area contributed by atoms with Gasteiger partial charge in [-0.15, -0.1) is 0 Å². The number of benzene rings is 2. The minimum Gasteiger partial charge on any atom is -0.478 e. The molecule has 3 N–H and O–H groups in total. The third kappa shape index (κ3) is 7.77. The Bertz CT molecular complexity index is 1470. The number of carboxylic acids is 1. The third-order valence-corrected chi connectivity index (χ3v) is 7.95. The number of rotatable bonds is 8. The Balaban J connectivity index is 1.62. The number of halogens is 1. The second kappa shape index (κ2) is 13.6. The molecule has 4 rings (SSSR count). The molecule has 2 aromatic rings. The van der Waals surface area contributed by atoms with E-state index in [0.717, 1.165) is 23.1 Å². The second-order valence-electron chi connectivity index (χ2n) is 12.3. The lowest BCUT2D eigenvalue weighted by molar-refractivity contribution is -0.144. The van der Waals surface area contributed by atoms with Crippen molar-refractivity contribution in [3.63, 3.8) is 0 Å². The molecule has 4 amide bonds. The number of carbonyl (C=O) groups is 5. The summed E-state index contributed by atoms with van der Waals surface area (Å²) in [7, 11) is 1.43. The summed E-state index contributed by atoms with van der Waals surface area (Å²) in [5, 5.41) is 14.6. The Morgan fingerprint density at radius 1 is 1.09 bits per heavy atom. The number of nitrogens with zero attached hydrogens (tertiary/aromatic N) is 2. The van der Waals surface area contributed by atoms with Gasteiger partial charge in [-0.2, -0.15) is 0 Å². The van der Waals surface area contributed by atoms with E-state index in [9.17, 15) is 33.5 Å². The molecule has 0 radical (unpaired) electrons. The van der Waals surface area contributed by atoms with Gasteiger partial charge >= 0.3 is 12.1 Å². The van der Waals surface area contributed by atoms with Crippen LogP contribution in [0, 0.1) is 11.7 Å². The summed E-state index contributed by atoms with van der Waals surface area (Å²) in [6, 6.07) is 6.73. The van der Waals surface area contributed by atoms with Gasteiger partial charge in [-0.1, -0.05) is 24.3 Å². The molecule has 0 aromatic heterocycles. The van der Waals surface area contributed by atoms with Crippen molar-refractivity contribution >= 4 is 35.5 Å². The molecule has 0 spiro atoms. The number of aromatic carboxylic acids is 1. The maximum Gasteiger partial charge on any atom is 0.410 e. The van der Waals surface area contributed by atoms with Gasteiger partial charge in [-0.3, -0.25) is 19.3 Å². The van der Waals surface area contributed by atoms with Crippen LogP contribution in [-0.4, -0.2) is 82.6 Å². The molecule has 45 heavy (non-hydrogen) atoms. The lowest BCUT2D eigenvalue weighted by atomic mass is 9.90. The van der Waals surface area contributed by atoms with Crippen LogP contribution in [0.5, 0.6) is 0 Å². The van der Waals surface area contributed by atoms with E-state index in [1.54, 1.807) is 45.0 Å². The van der Waals surface area contributed by atoms with Gasteiger partial charge in [-0.05, 0) is 75.8 Å². The fourth-order valence-electron chi connectivity index (χ4n) is 5.38. The van der Waals surface area contributed by atoms with E-state index in [0.29, 0.717) is 37.2 Å². The Morgan fingerprint density at radius 2 is 1.76 bits per heavy atom. The van der Waals surface area contributed by atoms with E-state index in [2.05, 4.69) is 10.6 Å². The number of carboxylic acid groups (broad SMARTS) is 1. The highest BCUT2D eigenvalue weighted by Gasteiger charge is 2.44. The van der Waals surface area contributed by atoms with Gasteiger partial charge in [0, 0.05) is 26.8 Å². The number of hydrogen-bond acceptors (Lipinski definition) is 7. The Labute approximate surface area is 260 Å². The van der Waals surface area contributed by atoms with E-state index >= 15 is 0 Å². The lowest BCUT2D eigenvalue weighted by Gasteiger charge is -2.36. The Kier molecular flexibility index (Phi) is 10.1. The van der Waals surface area contributed by atoms with Gasteiger partial charge in [0.1, 0.15) is 29.5 Å². The topological polar surface area (TPSA) is 155 Å². The molecule has 1 saturated heterocycles. The van der Waals surface area contributed by atoms with E-state index in [1.165, 1.54) is 18.9 Å². The minimum absolute atomic E-state index is 0.0493. The SMILES string of the molecule is C[C@@H](C(=O)NC(C(=O)N1Cc2ccccc2[C@H]1C(=O)Nc1cc(C(=O)O)ccc1F)C1CCOCC1)N(C)C(=O)OC(C)(C)C. The molecule has 13 heteroatoms. The highest BCUT2D eigenvalue weighted by Crippen LogP contribution is 2.36. The molecule has 2 aromatic carbocycles. The van der Waals surface area contributed by atoms with Gasteiger partial charge in [0.15, 0.2) is 0 Å². The summed E-state index contributed by atoms with van der Waals surface area (Å²) in [4.78, 5) is 68.2. The monoisotopic (exact) mass is 626 g/mol. The molecule has 0 saturated carbocycles. The van der Waals surface area contributed by atoms with Crippen molar-refractivity contribution in [2.24, 2.45) is 5.92 Å². The molecule has 1 unspecified atom stereocenters. The van der Waals surface area contributed by atoms with Crippen molar-refractivity contribution in [2.45, 2.75) is 70.8 Å². The fraction of sp³-hybridized carbons (Fsp3) is 0.469. The zero-order valence-electron chi connectivity index (χ0n) is 26.0. The van der Waals surface area contributed by atoms with Gasteiger partial charge in [0.2, 0.25) is 11.8 Å². The van der Waals surface area contributed by atoms with Crippen molar-refractivity contribution in [3.05, 3.63) is 65.0 Å². The normalized spacial score (nSPS) is 17.9. The van der Waals surface area contributed by atoms with Crippen molar-refractivity contribution in [2.75, 3.05) is 25.6 Å². The van der Waals surface area contributed by atoms with Crippen LogP contribution >= 0.6 is 0 Å². The highest BCUT2D eigenvalue weighted by molar-refractivity contribution is 6.01. The van der Waals surface area contributed by atoms with Gasteiger partial charge in [0.25, 0.3) is 5.91 Å². The van der Waals surface area contributed by atoms with Crippen molar-refractivity contribution in [1.82, 2.24) is 15.1 Å². The van der Waals surface area contributed by atoms with Crippen LogP contribution in [0.2, 0.25) is 0 Å². The number of ether oxygens (including phenoxy) is 2. The van der Waals surface area contributed by atoms with Gasteiger partial charge in [-0.25, -0.2) is 14.0 Å². The zero-order chi connectivity index (χ0) is 33.1. The number of nitrogens with one attached hydrogen (secondary N) is 2. The van der Waals surface area contributed by atoms with E-state index in [-0.39, 0.29) is 23.7 Å². The average molecular weight is 627 g/mol. The molecule has 2 aliphatic heterocycles. The number of anilines is 1. The molecule has 0 bridgehead atoms. The second-order valence-corrected chi connectivity index (χ2v) is 12.3. The largest absolute Gasteiger partial charge is 0.478 e. The summed E-state index contributed by atoms with van der Waals surface area (Å²) < 4.78 is 25.5. The standard InChI is InChI=1S/C32H39FN4O8/c1-18(36(5)31(43)45-32(2,3)4)27(38)35-25(19-12-14-44-15-13-19)29(40)37-17-21-8-6-7-9-22(21)26(37)28(39)34-24-16-20(30(41)42)10-11-23(24)33/h6-11,16,18-19,25-26H,12-15,17H2,1-5H3,(H,34,39)(H,35,38)(H,41,42)/t18-,25?,26-/m0/s1. The molecule has 1 fully saturated rings. The van der Waals surface area contributed by atoms with Crippen LogP contribution in [0.1, 0.15) is 68.1 Å². The first-order valence-corrected chi connectivity index (χ1v) is 14.7. The maximum absolute atomic E-state index is 14.7. The fourth-order valence-corrected chi connectivity index (χ4v) is 5.38. The molecule has 2 aliphatic rings. The van der Waals surface area contributed by atoms with Crippen LogP contribution in [-0.2, 0) is 30.4 Å². The Morgan fingerprint density at radius 3 is 2.40 bits per heavy atom. The number of fused-ring (bicyclic) bond motifs is 1. The average Bonchev–Trinajstić information content (AvgIpc) is 3.39. The first-order valence-electron chi connectivity index (χ1n) is 14.7. The summed E-state index contributed by atoms with van der Waals surface area (Å²) in [6.45, 7) is 7.45. The molecular formula is C32H39FN4O8. The van der Waals surface area contributed by atoms with E-state index in [1.807, 2.05) is 0 Å². The molecule has 0 aliphatic carbocycles. The van der Waals surface area contributed by atoms with Crippen molar-refractivity contribution in [3.8, 4) is 0 Å². The predicted molar refractivity (Wildman–Crippen MR) is 161 cm³/mol. The minimum atomic E-state index is -1.30. The zero-order valence-corrected chi connectivity index (χ0v) is 26.0. The van der Waals surface area contributed by atoms with Crippen LogP contribution in [0.4, 0.5) is 14.9 Å². The highest BCUT2D eigenvalue weighted by atomic mass is 19.1. The Hall–Kier alpha value is -4.52. The molecule has 12 nitrogen and oxygen atoms in total. The first kappa shape index (κ1) is 33.4. The lowest BCUT2D eigenvalue weighted by Crippen LogP contribution is -2.57. The molecule has 3 atom stereocenters. The summed E-state index contributed by atoms with van der Waals surface area (Å²) in [5.41, 5.74) is -0.126. The number of amides is 4. The van der Waals surface area contributed by atoms with E-state index in [4.69, 9.17) is 9.47 Å². The van der Waals surface area contributed by atoms with Crippen LogP contribution < -0.4 is 10.6 Å².